The molecule has 3 rings (SSSR count). The number of hydrogen-bond acceptors (Lipinski definition) is 5. The number of nitrogens with one attached hydrogen (secondary N) is 1. The van der Waals surface area contributed by atoms with Crippen LogP contribution in [0, 0.1) is 5.92 Å². The van der Waals surface area contributed by atoms with Gasteiger partial charge in [0, 0.05) is 17.8 Å². The van der Waals surface area contributed by atoms with Gasteiger partial charge in [-0.2, -0.15) is 14.6 Å². The smallest absolute Gasteiger partial charge is 0.254 e. The maximum absolute atomic E-state index is 5.51. The van der Waals surface area contributed by atoms with E-state index in [1.54, 1.807) is 11.6 Å². The van der Waals surface area contributed by atoms with Gasteiger partial charge in [0.2, 0.25) is 0 Å². The van der Waals surface area contributed by atoms with Crippen molar-refractivity contribution in [1.82, 2.24) is 19.6 Å². The molecule has 0 aliphatic heterocycles. The number of ether oxygens (including phenoxy) is 1. The highest BCUT2D eigenvalue weighted by atomic mass is 16.5. The number of nitrogens with zero attached hydrogens (tertiary/aromatic N) is 4. The van der Waals surface area contributed by atoms with Gasteiger partial charge in [0.1, 0.15) is 17.9 Å². The van der Waals surface area contributed by atoms with Gasteiger partial charge in [-0.05, 0) is 30.4 Å². The van der Waals surface area contributed by atoms with Crippen LogP contribution in [0.15, 0.2) is 36.7 Å². The van der Waals surface area contributed by atoms with E-state index < -0.39 is 0 Å². The Morgan fingerprint density at radius 1 is 1.24 bits per heavy atom. The van der Waals surface area contributed by atoms with Crippen molar-refractivity contribution >= 4 is 11.6 Å². The fourth-order valence-electron chi connectivity index (χ4n) is 2.90. The third-order valence-electron chi connectivity index (χ3n) is 4.44. The lowest BCUT2D eigenvalue weighted by molar-refractivity contribution is 0.405. The summed E-state index contributed by atoms with van der Waals surface area (Å²) < 4.78 is 7.27. The predicted octanol–water partition coefficient (Wildman–Crippen LogP) is 3.37. The van der Waals surface area contributed by atoms with E-state index >= 15 is 0 Å². The molecule has 132 valence electrons. The van der Waals surface area contributed by atoms with E-state index in [0.717, 1.165) is 30.1 Å². The van der Waals surface area contributed by atoms with Gasteiger partial charge in [-0.3, -0.25) is 0 Å². The standard InChI is InChI=1S/C19H25N5O/c1-5-15-11-18(24-19(22-15)20-12-21-24)23-16(13(2)3)10-14-8-6-7-9-17(14)25-4/h6-9,11-13,16,23H,5,10H2,1-4H3. The number of aryl methyl sites for hydroxylation is 1. The molecule has 0 fully saturated rings. The Bertz CT molecular complexity index is 843. The van der Waals surface area contributed by atoms with E-state index in [1.165, 1.54) is 11.9 Å². The molecule has 0 saturated carbocycles. The minimum Gasteiger partial charge on any atom is -0.496 e. The molecular weight excluding hydrogens is 314 g/mol. The second-order valence-electron chi connectivity index (χ2n) is 6.47. The zero-order valence-corrected chi connectivity index (χ0v) is 15.2. The molecule has 6 heteroatoms. The van der Waals surface area contributed by atoms with Crippen molar-refractivity contribution in [2.75, 3.05) is 12.4 Å². The van der Waals surface area contributed by atoms with Crippen molar-refractivity contribution < 1.29 is 4.74 Å². The molecule has 2 heterocycles. The molecule has 0 radical (unpaired) electrons. The van der Waals surface area contributed by atoms with Gasteiger partial charge < -0.3 is 10.1 Å². The number of anilines is 1. The summed E-state index contributed by atoms with van der Waals surface area (Å²) in [5, 5.41) is 7.95. The largest absolute Gasteiger partial charge is 0.496 e. The fourth-order valence-corrected chi connectivity index (χ4v) is 2.90. The molecule has 2 aromatic heterocycles. The molecule has 0 spiro atoms. The first-order valence-corrected chi connectivity index (χ1v) is 8.70. The van der Waals surface area contributed by atoms with Crippen LogP contribution in [0.3, 0.4) is 0 Å². The summed E-state index contributed by atoms with van der Waals surface area (Å²) in [7, 11) is 1.71. The molecule has 0 saturated heterocycles. The molecule has 1 unspecified atom stereocenters. The highest BCUT2D eigenvalue weighted by Crippen LogP contribution is 2.23. The average molecular weight is 339 g/mol. The highest BCUT2D eigenvalue weighted by molar-refractivity contribution is 5.46. The third kappa shape index (κ3) is 3.73. The van der Waals surface area contributed by atoms with Gasteiger partial charge in [-0.25, -0.2) is 4.98 Å². The molecule has 1 atom stereocenters. The van der Waals surface area contributed by atoms with Crippen LogP contribution >= 0.6 is 0 Å². The molecule has 0 amide bonds. The van der Waals surface area contributed by atoms with Crippen molar-refractivity contribution in [3.63, 3.8) is 0 Å². The van der Waals surface area contributed by atoms with E-state index in [0.29, 0.717) is 11.7 Å². The van der Waals surface area contributed by atoms with Crippen LogP contribution < -0.4 is 10.1 Å². The number of benzene rings is 1. The van der Waals surface area contributed by atoms with Crippen LogP contribution in [0.25, 0.3) is 5.78 Å². The van der Waals surface area contributed by atoms with E-state index in [2.05, 4.69) is 53.3 Å². The quantitative estimate of drug-likeness (QED) is 0.715. The first-order valence-electron chi connectivity index (χ1n) is 8.70. The second kappa shape index (κ2) is 7.51. The molecule has 3 aromatic rings. The maximum atomic E-state index is 5.51. The molecule has 0 aliphatic carbocycles. The molecular formula is C19H25N5O. The van der Waals surface area contributed by atoms with Crippen molar-refractivity contribution in [2.45, 2.75) is 39.7 Å². The third-order valence-corrected chi connectivity index (χ3v) is 4.44. The van der Waals surface area contributed by atoms with Crippen molar-refractivity contribution in [3.8, 4) is 5.75 Å². The van der Waals surface area contributed by atoms with Gasteiger partial charge in [0.15, 0.2) is 0 Å². The Labute approximate surface area is 148 Å². The fraction of sp³-hybridized carbons (Fsp3) is 0.421. The van der Waals surface area contributed by atoms with Crippen LogP contribution in [-0.4, -0.2) is 32.7 Å². The number of aromatic nitrogens is 4. The van der Waals surface area contributed by atoms with Crippen LogP contribution in [0.2, 0.25) is 0 Å². The Morgan fingerprint density at radius 2 is 2.04 bits per heavy atom. The summed E-state index contributed by atoms with van der Waals surface area (Å²) in [6.45, 7) is 6.52. The SMILES string of the molecule is CCc1cc(NC(Cc2ccccc2OC)C(C)C)n2ncnc2n1. The predicted molar refractivity (Wildman–Crippen MR) is 99.1 cm³/mol. The van der Waals surface area contributed by atoms with E-state index in [-0.39, 0.29) is 6.04 Å². The zero-order valence-electron chi connectivity index (χ0n) is 15.2. The highest BCUT2D eigenvalue weighted by Gasteiger charge is 2.18. The minimum atomic E-state index is 0.232. The monoisotopic (exact) mass is 339 g/mol. The summed E-state index contributed by atoms with van der Waals surface area (Å²) >= 11 is 0. The molecule has 1 N–H and O–H groups in total. The van der Waals surface area contributed by atoms with Crippen LogP contribution in [0.4, 0.5) is 5.82 Å². The first-order chi connectivity index (χ1) is 12.1. The lowest BCUT2D eigenvalue weighted by Crippen LogP contribution is -2.29. The topological polar surface area (TPSA) is 64.3 Å². The van der Waals surface area contributed by atoms with Gasteiger partial charge in [0.05, 0.1) is 7.11 Å². The minimum absolute atomic E-state index is 0.232. The first kappa shape index (κ1) is 17.2. The van der Waals surface area contributed by atoms with Crippen molar-refractivity contribution in [3.05, 3.63) is 47.9 Å². The molecule has 6 nitrogen and oxygen atoms in total. The molecule has 1 aromatic carbocycles. The van der Waals surface area contributed by atoms with E-state index in [1.807, 2.05) is 18.2 Å². The van der Waals surface area contributed by atoms with Crippen LogP contribution in [0.1, 0.15) is 32.0 Å². The number of para-hydroxylation sites is 1. The van der Waals surface area contributed by atoms with Gasteiger partial charge in [-0.15, -0.1) is 0 Å². The number of methoxy groups -OCH3 is 1. The summed E-state index contributed by atoms with van der Waals surface area (Å²) in [6, 6.07) is 10.5. The maximum Gasteiger partial charge on any atom is 0.254 e. The zero-order chi connectivity index (χ0) is 17.8. The number of rotatable bonds is 7. The Balaban J connectivity index is 1.91. The Morgan fingerprint density at radius 3 is 2.76 bits per heavy atom. The second-order valence-corrected chi connectivity index (χ2v) is 6.47. The molecule has 0 bridgehead atoms. The normalized spacial score (nSPS) is 12.5. The summed E-state index contributed by atoms with van der Waals surface area (Å²) in [6.07, 6.45) is 3.26. The van der Waals surface area contributed by atoms with Gasteiger partial charge in [0.25, 0.3) is 5.78 Å². The summed E-state index contributed by atoms with van der Waals surface area (Å²) in [5.74, 6) is 2.90. The average Bonchev–Trinajstić information content (AvgIpc) is 3.10. The van der Waals surface area contributed by atoms with Crippen LogP contribution in [0.5, 0.6) is 5.75 Å². The molecule has 25 heavy (non-hydrogen) atoms. The molecule has 0 aliphatic rings. The summed E-state index contributed by atoms with van der Waals surface area (Å²) in [4.78, 5) is 8.74. The van der Waals surface area contributed by atoms with Gasteiger partial charge >= 0.3 is 0 Å². The van der Waals surface area contributed by atoms with E-state index in [4.69, 9.17) is 4.74 Å². The van der Waals surface area contributed by atoms with Crippen molar-refractivity contribution in [2.24, 2.45) is 5.92 Å². The Hall–Kier alpha value is -2.63. The van der Waals surface area contributed by atoms with E-state index in [9.17, 15) is 0 Å². The lowest BCUT2D eigenvalue weighted by atomic mass is 9.96. The lowest BCUT2D eigenvalue weighted by Gasteiger charge is -2.25. The number of fused-ring (bicyclic) bond motifs is 1. The summed E-state index contributed by atoms with van der Waals surface area (Å²) in [5.41, 5.74) is 2.19. The van der Waals surface area contributed by atoms with Crippen LogP contribution in [-0.2, 0) is 12.8 Å². The Kier molecular flexibility index (Phi) is 5.16. The number of hydrogen-bond donors (Lipinski definition) is 1. The van der Waals surface area contributed by atoms with Gasteiger partial charge in [-0.1, -0.05) is 39.0 Å². The van der Waals surface area contributed by atoms with Crippen molar-refractivity contribution in [1.29, 1.82) is 0 Å².